The average Bonchev–Trinajstić information content (AvgIpc) is 2.37. The summed E-state index contributed by atoms with van der Waals surface area (Å²) in [6.07, 6.45) is 4.12. The smallest absolute Gasteiger partial charge is 0.249 e. The molecule has 3 unspecified atom stereocenters. The molecule has 1 saturated carbocycles. The number of piperazine rings is 1. The largest absolute Gasteiger partial charge is 0.327 e. The van der Waals surface area contributed by atoms with E-state index in [4.69, 9.17) is 5.73 Å². The highest BCUT2D eigenvalue weighted by Gasteiger charge is 2.40. The second-order valence-corrected chi connectivity index (χ2v) is 5.36. The van der Waals surface area contributed by atoms with E-state index in [-0.39, 0.29) is 30.3 Å². The van der Waals surface area contributed by atoms with Crippen LogP contribution in [0.1, 0.15) is 39.0 Å². The zero-order valence-electron chi connectivity index (χ0n) is 11.2. The third kappa shape index (κ3) is 2.78. The predicted molar refractivity (Wildman–Crippen MR) is 68.9 cm³/mol. The third-order valence-corrected chi connectivity index (χ3v) is 4.06. The quantitative estimate of drug-likeness (QED) is 0.676. The van der Waals surface area contributed by atoms with Crippen molar-refractivity contribution in [3.63, 3.8) is 0 Å². The van der Waals surface area contributed by atoms with Gasteiger partial charge >= 0.3 is 0 Å². The molecule has 0 spiro atoms. The van der Waals surface area contributed by atoms with Gasteiger partial charge in [0.2, 0.25) is 17.7 Å². The SMILES string of the molecule is CCC1C(=O)NC(=O)CN1C(=O)C1CCCCC1N. The molecule has 6 nitrogen and oxygen atoms in total. The lowest BCUT2D eigenvalue weighted by Gasteiger charge is -2.38. The van der Waals surface area contributed by atoms with Crippen molar-refractivity contribution < 1.29 is 14.4 Å². The van der Waals surface area contributed by atoms with E-state index in [2.05, 4.69) is 5.32 Å². The number of hydrogen-bond acceptors (Lipinski definition) is 4. The monoisotopic (exact) mass is 267 g/mol. The molecule has 1 heterocycles. The molecule has 3 N–H and O–H groups in total. The van der Waals surface area contributed by atoms with Crippen LogP contribution in [-0.2, 0) is 14.4 Å². The van der Waals surface area contributed by atoms with E-state index in [1.165, 1.54) is 4.90 Å². The van der Waals surface area contributed by atoms with Crippen LogP contribution < -0.4 is 11.1 Å². The van der Waals surface area contributed by atoms with Crippen molar-refractivity contribution in [1.29, 1.82) is 0 Å². The summed E-state index contributed by atoms with van der Waals surface area (Å²) in [5.41, 5.74) is 6.01. The number of carbonyl (C=O) groups is 3. The molecule has 1 aliphatic heterocycles. The molecule has 106 valence electrons. The third-order valence-electron chi connectivity index (χ3n) is 4.06. The number of nitrogens with zero attached hydrogens (tertiary/aromatic N) is 1. The highest BCUT2D eigenvalue weighted by atomic mass is 16.2. The molecular weight excluding hydrogens is 246 g/mol. The van der Waals surface area contributed by atoms with Crippen LogP contribution in [-0.4, -0.2) is 41.2 Å². The van der Waals surface area contributed by atoms with Crippen molar-refractivity contribution in [2.75, 3.05) is 6.54 Å². The Bertz CT molecular complexity index is 397. The minimum absolute atomic E-state index is 0.0354. The highest BCUT2D eigenvalue weighted by Crippen LogP contribution is 2.26. The number of hydrogen-bond donors (Lipinski definition) is 2. The summed E-state index contributed by atoms with van der Waals surface area (Å²) in [6, 6.07) is -0.696. The van der Waals surface area contributed by atoms with E-state index in [0.717, 1.165) is 25.7 Å². The lowest BCUT2D eigenvalue weighted by molar-refractivity contribution is -0.153. The van der Waals surface area contributed by atoms with Crippen LogP contribution in [0.3, 0.4) is 0 Å². The molecule has 3 atom stereocenters. The van der Waals surface area contributed by atoms with E-state index in [1.807, 2.05) is 6.92 Å². The highest BCUT2D eigenvalue weighted by molar-refractivity contribution is 6.04. The molecule has 0 radical (unpaired) electrons. The Kier molecular flexibility index (Phi) is 4.19. The fourth-order valence-corrected chi connectivity index (χ4v) is 2.98. The van der Waals surface area contributed by atoms with Gasteiger partial charge in [-0.3, -0.25) is 19.7 Å². The summed E-state index contributed by atoms with van der Waals surface area (Å²) >= 11 is 0. The van der Waals surface area contributed by atoms with Crippen LogP contribution in [0.2, 0.25) is 0 Å². The Hall–Kier alpha value is -1.43. The van der Waals surface area contributed by atoms with Gasteiger partial charge in [-0.05, 0) is 19.3 Å². The first-order valence-corrected chi connectivity index (χ1v) is 6.94. The summed E-state index contributed by atoms with van der Waals surface area (Å²) in [6.45, 7) is 1.80. The molecule has 1 saturated heterocycles. The molecule has 0 aromatic rings. The topological polar surface area (TPSA) is 92.5 Å². The fraction of sp³-hybridized carbons (Fsp3) is 0.769. The first-order valence-electron chi connectivity index (χ1n) is 6.94. The Labute approximate surface area is 112 Å². The predicted octanol–water partition coefficient (Wildman–Crippen LogP) is -0.232. The van der Waals surface area contributed by atoms with E-state index in [0.29, 0.717) is 6.42 Å². The molecule has 0 aromatic carbocycles. The van der Waals surface area contributed by atoms with Crippen molar-refractivity contribution in [1.82, 2.24) is 10.2 Å². The Balaban J connectivity index is 2.15. The molecule has 1 aliphatic carbocycles. The summed E-state index contributed by atoms with van der Waals surface area (Å²) in [5, 5.41) is 2.28. The summed E-state index contributed by atoms with van der Waals surface area (Å²) in [4.78, 5) is 37.2. The summed E-state index contributed by atoms with van der Waals surface area (Å²) in [7, 11) is 0. The number of rotatable bonds is 2. The van der Waals surface area contributed by atoms with Crippen LogP contribution in [0.4, 0.5) is 0 Å². The molecule has 2 aliphatic rings. The minimum atomic E-state index is -0.542. The van der Waals surface area contributed by atoms with Gasteiger partial charge in [-0.1, -0.05) is 19.8 Å². The maximum Gasteiger partial charge on any atom is 0.249 e. The molecule has 0 bridgehead atoms. The second kappa shape index (κ2) is 5.69. The van der Waals surface area contributed by atoms with Gasteiger partial charge in [-0.2, -0.15) is 0 Å². The summed E-state index contributed by atoms with van der Waals surface area (Å²) in [5.74, 6) is -1.17. The molecular formula is C13H21N3O3. The van der Waals surface area contributed by atoms with Crippen LogP contribution in [0.15, 0.2) is 0 Å². The standard InChI is InChI=1S/C13H21N3O3/c1-2-10-12(18)15-11(17)7-16(10)13(19)8-5-3-4-6-9(8)14/h8-10H,2-7,14H2,1H3,(H,15,17,18). The zero-order chi connectivity index (χ0) is 14.0. The molecule has 0 aromatic heterocycles. The van der Waals surface area contributed by atoms with Gasteiger partial charge in [-0.15, -0.1) is 0 Å². The Morgan fingerprint density at radius 1 is 1.37 bits per heavy atom. The molecule has 3 amide bonds. The maximum atomic E-state index is 12.5. The minimum Gasteiger partial charge on any atom is -0.327 e. The Morgan fingerprint density at radius 3 is 2.68 bits per heavy atom. The van der Waals surface area contributed by atoms with Gasteiger partial charge in [0.25, 0.3) is 0 Å². The number of nitrogens with one attached hydrogen (secondary N) is 1. The van der Waals surface area contributed by atoms with Gasteiger partial charge in [-0.25, -0.2) is 0 Å². The normalized spacial score (nSPS) is 32.1. The number of nitrogens with two attached hydrogens (primary N) is 1. The van der Waals surface area contributed by atoms with Gasteiger partial charge < -0.3 is 10.6 Å². The van der Waals surface area contributed by atoms with Gasteiger partial charge in [0.1, 0.15) is 12.6 Å². The van der Waals surface area contributed by atoms with Crippen molar-refractivity contribution >= 4 is 17.7 Å². The van der Waals surface area contributed by atoms with E-state index in [9.17, 15) is 14.4 Å². The molecule has 2 fully saturated rings. The van der Waals surface area contributed by atoms with Crippen LogP contribution in [0.25, 0.3) is 0 Å². The molecule has 2 rings (SSSR count). The van der Waals surface area contributed by atoms with Crippen molar-refractivity contribution in [2.24, 2.45) is 11.7 Å². The number of amides is 3. The molecule has 6 heteroatoms. The lowest BCUT2D eigenvalue weighted by atomic mass is 9.83. The van der Waals surface area contributed by atoms with Gasteiger partial charge in [0.05, 0.1) is 5.92 Å². The van der Waals surface area contributed by atoms with Gasteiger partial charge in [0.15, 0.2) is 0 Å². The second-order valence-electron chi connectivity index (χ2n) is 5.36. The Morgan fingerprint density at radius 2 is 2.05 bits per heavy atom. The lowest BCUT2D eigenvalue weighted by Crippen LogP contribution is -2.61. The van der Waals surface area contributed by atoms with E-state index < -0.39 is 11.9 Å². The van der Waals surface area contributed by atoms with E-state index in [1.54, 1.807) is 0 Å². The van der Waals surface area contributed by atoms with Gasteiger partial charge in [0, 0.05) is 6.04 Å². The van der Waals surface area contributed by atoms with Crippen LogP contribution in [0, 0.1) is 5.92 Å². The first kappa shape index (κ1) is 14.0. The first-order chi connectivity index (χ1) is 9.04. The van der Waals surface area contributed by atoms with Crippen molar-refractivity contribution in [3.05, 3.63) is 0 Å². The summed E-state index contributed by atoms with van der Waals surface area (Å²) < 4.78 is 0. The zero-order valence-corrected chi connectivity index (χ0v) is 11.2. The number of imide groups is 1. The molecule has 19 heavy (non-hydrogen) atoms. The van der Waals surface area contributed by atoms with Crippen molar-refractivity contribution in [3.8, 4) is 0 Å². The number of carbonyl (C=O) groups excluding carboxylic acids is 3. The van der Waals surface area contributed by atoms with Crippen LogP contribution in [0.5, 0.6) is 0 Å². The maximum absolute atomic E-state index is 12.5. The average molecular weight is 267 g/mol. The fourth-order valence-electron chi connectivity index (χ4n) is 2.98. The van der Waals surface area contributed by atoms with E-state index >= 15 is 0 Å². The van der Waals surface area contributed by atoms with Crippen LogP contribution >= 0.6 is 0 Å². The van der Waals surface area contributed by atoms with Crippen molar-refractivity contribution in [2.45, 2.75) is 51.1 Å².